The number of thiol groups is 2. The number of nitrogens with two attached hydrogens (primary N) is 1. The summed E-state index contributed by atoms with van der Waals surface area (Å²) in [5, 5.41) is 85.5. The van der Waals surface area contributed by atoms with E-state index in [2.05, 4.69) is 121 Å². The van der Waals surface area contributed by atoms with Gasteiger partial charge in [-0.2, -0.15) is 48.8 Å². The molecule has 0 radical (unpaired) electrons. The van der Waals surface area contributed by atoms with E-state index in [0.717, 1.165) is 24.2 Å². The van der Waals surface area contributed by atoms with Gasteiger partial charge in [-0.15, -0.1) is 0 Å². The molecule has 0 saturated carbocycles. The van der Waals surface area contributed by atoms with Gasteiger partial charge in [-0.25, -0.2) is 4.79 Å². The number of aliphatic hydroxyl groups is 1. The van der Waals surface area contributed by atoms with E-state index in [1.807, 2.05) is 6.07 Å². The van der Waals surface area contributed by atoms with Crippen LogP contribution < -0.4 is 96.1 Å². The first-order chi connectivity index (χ1) is 65.3. The second kappa shape index (κ2) is 51.8. The van der Waals surface area contributed by atoms with Crippen LogP contribution in [0.5, 0.6) is 0 Å². The fourth-order valence-corrected chi connectivity index (χ4v) is 18.2. The van der Waals surface area contributed by atoms with Gasteiger partial charge < -0.3 is 126 Å². The molecule has 3 aliphatic rings. The number of aliphatic carboxylic acids is 3. The smallest absolute Gasteiger partial charge is 0.327 e. The summed E-state index contributed by atoms with van der Waals surface area (Å²) in [5.74, 6) is -26.8. The molecule has 17 amide bonds. The van der Waals surface area contributed by atoms with Gasteiger partial charge in [-0.3, -0.25) is 91.1 Å². The number of carbonyl (C=O) groups is 20. The highest BCUT2D eigenvalue weighted by Gasteiger charge is 2.49. The molecule has 752 valence electrons. The number of para-hydroxylation sites is 2. The van der Waals surface area contributed by atoms with Crippen molar-refractivity contribution in [3.05, 3.63) is 108 Å². The predicted octanol–water partition coefficient (Wildman–Crippen LogP) is -3.49. The Bertz CT molecular complexity index is 5300. The number of aromatic amines is 1. The summed E-state index contributed by atoms with van der Waals surface area (Å²) >= 11 is 10.0. The number of carboxylic acid groups (broad SMARTS) is 3. The number of thioether (sulfide) groups is 2. The number of aromatic nitrogens is 2. The maximum Gasteiger partial charge on any atom is 0.327 e. The number of fused-ring (bicyclic) bond motifs is 2. The molecule has 3 fully saturated rings. The Labute approximate surface area is 814 Å². The zero-order valence-electron chi connectivity index (χ0n) is 77.7. The third-order valence-corrected chi connectivity index (χ3v) is 26.1. The molecule has 5 heterocycles. The molecule has 18 unspecified atom stereocenters. The van der Waals surface area contributed by atoms with Crippen molar-refractivity contribution in [1.82, 2.24) is 99.9 Å². The van der Waals surface area contributed by atoms with Crippen molar-refractivity contribution >= 4 is 189 Å². The van der Waals surface area contributed by atoms with E-state index in [1.54, 1.807) is 124 Å². The van der Waals surface area contributed by atoms with Crippen LogP contribution >= 0.6 is 48.8 Å². The molecule has 2 aromatic heterocycles. The number of hydrogen-bond donors (Lipinski definition) is 25. The van der Waals surface area contributed by atoms with E-state index < -0.39 is 293 Å². The summed E-state index contributed by atoms with van der Waals surface area (Å²) in [7, 11) is 1.76. The van der Waals surface area contributed by atoms with Crippen LogP contribution in [0.15, 0.2) is 91.3 Å². The van der Waals surface area contributed by atoms with Crippen molar-refractivity contribution in [2.75, 3.05) is 41.6 Å². The first kappa shape index (κ1) is 111. The Morgan fingerprint density at radius 2 is 1.20 bits per heavy atom. The van der Waals surface area contributed by atoms with Crippen LogP contribution in [-0.4, -0.2) is 298 Å². The van der Waals surface area contributed by atoms with Gasteiger partial charge in [0.2, 0.25) is 100 Å². The highest BCUT2D eigenvalue weighted by Crippen LogP contribution is 2.28. The number of nitrogens with zero attached hydrogens (tertiary/aromatic N) is 1. The van der Waals surface area contributed by atoms with E-state index >= 15 is 38.4 Å². The lowest BCUT2D eigenvalue weighted by Gasteiger charge is -2.38. The molecule has 44 nitrogen and oxygen atoms in total. The Balaban J connectivity index is 1.11. The van der Waals surface area contributed by atoms with Gasteiger partial charge in [0, 0.05) is 102 Å². The van der Waals surface area contributed by atoms with Crippen molar-refractivity contribution in [2.24, 2.45) is 24.6 Å². The molecule has 5 aromatic rings. The van der Waals surface area contributed by atoms with Crippen LogP contribution in [0.4, 0.5) is 0 Å². The largest absolute Gasteiger partial charge is 0.481 e. The summed E-state index contributed by atoms with van der Waals surface area (Å²) in [5.41, 5.74) is 4.49. The van der Waals surface area contributed by atoms with E-state index in [-0.39, 0.29) is 63.5 Å². The third kappa shape index (κ3) is 31.8. The van der Waals surface area contributed by atoms with Gasteiger partial charge in [0.05, 0.1) is 25.1 Å². The fourth-order valence-electron chi connectivity index (χ4n) is 15.9. The number of aliphatic hydroxyl groups excluding tert-OH is 1. The average Bonchev–Trinajstić information content (AvgIpc) is 1.39. The Morgan fingerprint density at radius 3 is 1.84 bits per heavy atom. The van der Waals surface area contributed by atoms with Crippen LogP contribution in [-0.2, 0) is 122 Å². The van der Waals surface area contributed by atoms with Crippen molar-refractivity contribution in [2.45, 2.75) is 240 Å². The first-order valence-electron chi connectivity index (χ1n) is 44.9. The minimum Gasteiger partial charge on any atom is -0.481 e. The highest BCUT2D eigenvalue weighted by molar-refractivity contribution is 7.99. The number of amides is 17. The normalized spacial score (nSPS) is 23.6. The summed E-state index contributed by atoms with van der Waals surface area (Å²) in [6.45, 7) is 9.56. The number of rotatable bonds is 35. The first-order valence-corrected chi connectivity index (χ1v) is 48.8. The monoisotopic (exact) mass is 2000 g/mol. The minimum absolute atomic E-state index is 0.0369. The van der Waals surface area contributed by atoms with Crippen LogP contribution in [0.25, 0.3) is 21.8 Å². The molecular formula is C90H124N20O24S4. The lowest BCUT2D eigenvalue weighted by molar-refractivity contribution is -0.142. The highest BCUT2D eigenvalue weighted by atomic mass is 32.2. The number of H-pyrrole nitrogens is 1. The van der Waals surface area contributed by atoms with Crippen LogP contribution in [0.2, 0.25) is 0 Å². The second-order valence-corrected chi connectivity index (χ2v) is 38.2. The van der Waals surface area contributed by atoms with Crippen molar-refractivity contribution < 1.29 is 116 Å². The Morgan fingerprint density at radius 1 is 0.594 bits per heavy atom. The van der Waals surface area contributed by atoms with Crippen LogP contribution in [0.1, 0.15) is 129 Å². The third-order valence-electron chi connectivity index (χ3n) is 23.4. The molecule has 0 aliphatic carbocycles. The molecule has 24 N–H and O–H groups in total. The molecule has 48 heteroatoms. The standard InChI is InChI=1S/C90H124N20O24S4/c1-44(2)29-56(105-87(133)89(7)28-18-17-23-53(91)73(118)96-61(34-70(115)116)79(124)99-60(84(129)109-89)33-50-38-110(8)67-25-16-14-22-52(50)67)76(121)98-59(32-49-36-92-54-24-15-13-21-51(49)54)78(123)95-55(26-27-69(113)114)74(119)104-65(41-137-9)82(127)101-63(39-135)81(126)100-62-35-90(108-68(112)37-93-85(130)71(47(6)111)107-80(62)125)43-138-42-66(83(128)102-64(40-136)86(131)132)103-72(117)46(5)94-75(120)58(31-48-19-11-10-12-20-48)97-77(122)57(30-45(3)4)106-88(90)134/h10-16,19-22,24-25,36,38,44-47,53,55-66,71,92,111,135-136H,17-18,23,26-35,37,39-43,91H2,1-9H3,(H,93,130)(H,94,120)(H,95,123)(H,96,118)(H,97,122)(H,98,121)(H,99,124)(H,100,126)(H,101,127)(H,102,128)(H,103,117)(H,104,119)(H,105,133)(H,106,134)(H,107,125)(H,108,112)(H,109,129)(H,113,114)(H,115,116)(H,131,132). The molecular weight excluding hydrogens is 1870 g/mol. The maximum atomic E-state index is 15.9. The van der Waals surface area contributed by atoms with E-state index in [4.69, 9.17) is 5.73 Å². The fraction of sp³-hybridized carbons (Fsp3) is 0.533. The Hall–Kier alpha value is -12.5. The van der Waals surface area contributed by atoms with Gasteiger partial charge in [0.25, 0.3) is 0 Å². The minimum atomic E-state index is -2.66. The van der Waals surface area contributed by atoms with Crippen LogP contribution in [0.3, 0.4) is 0 Å². The summed E-state index contributed by atoms with van der Waals surface area (Å²) in [4.78, 5) is 292. The molecule has 18 atom stereocenters. The number of carbonyl (C=O) groups excluding carboxylic acids is 17. The maximum absolute atomic E-state index is 15.9. The number of nitrogens with one attached hydrogen (secondary N) is 18. The van der Waals surface area contributed by atoms with Gasteiger partial charge in [-0.05, 0) is 99.8 Å². The quantitative estimate of drug-likeness (QED) is 0.0175. The molecule has 0 bridgehead atoms. The number of aryl methyl sites for hydroxylation is 1. The van der Waals surface area contributed by atoms with Crippen molar-refractivity contribution in [3.63, 3.8) is 0 Å². The topological polar surface area (TPSA) is 674 Å². The zero-order chi connectivity index (χ0) is 102. The lowest BCUT2D eigenvalue weighted by Crippen LogP contribution is -2.68. The molecule has 138 heavy (non-hydrogen) atoms. The molecule has 3 saturated heterocycles. The van der Waals surface area contributed by atoms with Crippen molar-refractivity contribution in [1.29, 1.82) is 0 Å². The average molecular weight is 2000 g/mol. The number of hydrogen-bond acceptors (Lipinski definition) is 26. The van der Waals surface area contributed by atoms with Gasteiger partial charge in [0.15, 0.2) is 0 Å². The summed E-state index contributed by atoms with van der Waals surface area (Å²) in [6.07, 6.45) is -1.56. The molecule has 3 aromatic carbocycles. The zero-order valence-corrected chi connectivity index (χ0v) is 81.1. The predicted molar refractivity (Wildman–Crippen MR) is 514 cm³/mol. The number of benzene rings is 3. The molecule has 8 rings (SSSR count). The SMILES string of the molecule is CSCC(NC(=O)C(CCC(=O)O)NC(=O)C(Cc1c[nH]c2ccccc12)NC(=O)C(CC(C)C)NC(=O)C1(C)CCCCC(N)C(=O)NC(CC(=O)O)C(=O)NC(Cc2cn(C)c3ccccc23)C(=O)N1)C(=O)NC(CS)C(=O)NC1CC2(CSCC(C(=O)NC(CS)C(=O)O)NC(=O)C(C)NC(=O)C(Cc3ccccc3)NC(=O)C(CC(C)C)NC2=O)NC(=O)CNC(=O)C(C(C)O)NC1=O. The molecule has 1 spiro atoms. The summed E-state index contributed by atoms with van der Waals surface area (Å²) in [6, 6.07) is -3.14. The molecule has 3 aliphatic heterocycles. The van der Waals surface area contributed by atoms with Crippen molar-refractivity contribution in [3.8, 4) is 0 Å². The van der Waals surface area contributed by atoms with Gasteiger partial charge in [0.1, 0.15) is 95.7 Å². The van der Waals surface area contributed by atoms with Gasteiger partial charge in [-0.1, -0.05) is 107 Å². The lowest BCUT2D eigenvalue weighted by atomic mass is 9.89. The van der Waals surface area contributed by atoms with Gasteiger partial charge >= 0.3 is 17.9 Å². The Kier molecular flexibility index (Phi) is 41.5. The van der Waals surface area contributed by atoms with E-state index in [0.29, 0.717) is 44.7 Å². The number of carboxylic acids is 3. The van der Waals surface area contributed by atoms with E-state index in [1.165, 1.54) is 20.1 Å². The van der Waals surface area contributed by atoms with Crippen LogP contribution in [0, 0.1) is 11.8 Å². The second-order valence-electron chi connectivity index (χ2n) is 35.5. The summed E-state index contributed by atoms with van der Waals surface area (Å²) < 4.78 is 1.79. The van der Waals surface area contributed by atoms with E-state index in [9.17, 15) is 78.0 Å².